The van der Waals surface area contributed by atoms with Crippen molar-refractivity contribution >= 4 is 23.5 Å². The molecule has 17 heavy (non-hydrogen) atoms. The van der Waals surface area contributed by atoms with E-state index in [1.807, 2.05) is 11.8 Å². The highest BCUT2D eigenvalue weighted by Gasteiger charge is 2.05. The molecule has 0 atom stereocenters. The molecule has 0 unspecified atom stereocenters. The second kappa shape index (κ2) is 7.95. The Labute approximate surface area is 106 Å². The maximum absolute atomic E-state index is 11.4. The van der Waals surface area contributed by atoms with E-state index in [2.05, 4.69) is 16.6 Å². The fourth-order valence-corrected chi connectivity index (χ4v) is 1.70. The molecule has 0 bridgehead atoms. The molecular formula is C12H18N2O2S. The van der Waals surface area contributed by atoms with Gasteiger partial charge in [0.1, 0.15) is 5.82 Å². The van der Waals surface area contributed by atoms with Crippen LogP contribution in [-0.2, 0) is 4.74 Å². The van der Waals surface area contributed by atoms with Gasteiger partial charge in [0.25, 0.3) is 0 Å². The number of ether oxygens (including phenoxy) is 1. The Kier molecular flexibility index (Phi) is 6.47. The topological polar surface area (TPSA) is 51.2 Å². The molecule has 4 nitrogen and oxygen atoms in total. The summed E-state index contributed by atoms with van der Waals surface area (Å²) in [6, 6.07) is 3.52. The zero-order valence-corrected chi connectivity index (χ0v) is 11.0. The van der Waals surface area contributed by atoms with E-state index in [9.17, 15) is 4.79 Å². The Morgan fingerprint density at radius 2 is 2.35 bits per heavy atom. The number of carbonyl (C=O) groups is 1. The minimum Gasteiger partial charge on any atom is -0.462 e. The average molecular weight is 254 g/mol. The van der Waals surface area contributed by atoms with Gasteiger partial charge in [-0.3, -0.25) is 0 Å². The molecular weight excluding hydrogens is 236 g/mol. The standard InChI is InChI=1S/C12H18N2O2S/c1-3-16-12(15)10-5-6-11(14-9-10)13-7-4-8-17-2/h5-6,9H,3-4,7-8H2,1-2H3,(H,13,14). The number of hydrogen-bond acceptors (Lipinski definition) is 5. The van der Waals surface area contributed by atoms with E-state index >= 15 is 0 Å². The number of nitrogens with zero attached hydrogens (tertiary/aromatic N) is 1. The summed E-state index contributed by atoms with van der Waals surface area (Å²) in [5, 5.41) is 3.20. The SMILES string of the molecule is CCOC(=O)c1ccc(NCCCSC)nc1. The van der Waals surface area contributed by atoms with E-state index in [0.717, 1.165) is 24.5 Å². The van der Waals surface area contributed by atoms with Gasteiger partial charge in [-0.05, 0) is 37.5 Å². The first-order valence-electron chi connectivity index (χ1n) is 5.64. The summed E-state index contributed by atoms with van der Waals surface area (Å²) in [6.07, 6.45) is 4.73. The van der Waals surface area contributed by atoms with Crippen LogP contribution in [-0.4, -0.2) is 36.1 Å². The molecule has 0 aliphatic heterocycles. The molecule has 0 saturated carbocycles. The minimum absolute atomic E-state index is 0.325. The van der Waals surface area contributed by atoms with E-state index in [4.69, 9.17) is 4.74 Å². The van der Waals surface area contributed by atoms with Crippen molar-refractivity contribution in [2.24, 2.45) is 0 Å². The van der Waals surface area contributed by atoms with Gasteiger partial charge in [0.05, 0.1) is 12.2 Å². The van der Waals surface area contributed by atoms with Crippen molar-refractivity contribution in [2.45, 2.75) is 13.3 Å². The molecule has 0 aliphatic rings. The predicted octanol–water partition coefficient (Wildman–Crippen LogP) is 2.42. The van der Waals surface area contributed by atoms with Gasteiger partial charge < -0.3 is 10.1 Å². The summed E-state index contributed by atoms with van der Waals surface area (Å²) in [4.78, 5) is 15.5. The largest absolute Gasteiger partial charge is 0.462 e. The van der Waals surface area contributed by atoms with Gasteiger partial charge in [-0.15, -0.1) is 0 Å². The number of rotatable bonds is 7. The van der Waals surface area contributed by atoms with Crippen molar-refractivity contribution < 1.29 is 9.53 Å². The first kappa shape index (κ1) is 13.8. The Bertz CT molecular complexity index is 341. The van der Waals surface area contributed by atoms with Crippen LogP contribution in [0.1, 0.15) is 23.7 Å². The lowest BCUT2D eigenvalue weighted by molar-refractivity contribution is 0.0526. The van der Waals surface area contributed by atoms with Gasteiger partial charge in [-0.25, -0.2) is 9.78 Å². The third kappa shape index (κ3) is 5.08. The normalized spacial score (nSPS) is 10.0. The molecule has 0 aliphatic carbocycles. The summed E-state index contributed by atoms with van der Waals surface area (Å²) in [5.74, 6) is 1.60. The number of hydrogen-bond donors (Lipinski definition) is 1. The zero-order valence-electron chi connectivity index (χ0n) is 10.2. The first-order valence-corrected chi connectivity index (χ1v) is 7.03. The van der Waals surface area contributed by atoms with Crippen LogP contribution >= 0.6 is 11.8 Å². The van der Waals surface area contributed by atoms with Crippen LogP contribution in [0.15, 0.2) is 18.3 Å². The number of carbonyl (C=O) groups excluding carboxylic acids is 1. The molecule has 1 aromatic rings. The highest BCUT2D eigenvalue weighted by molar-refractivity contribution is 7.98. The number of anilines is 1. The highest BCUT2D eigenvalue weighted by Crippen LogP contribution is 2.07. The van der Waals surface area contributed by atoms with Crippen molar-refractivity contribution in [2.75, 3.05) is 30.5 Å². The second-order valence-corrected chi connectivity index (χ2v) is 4.41. The molecule has 0 saturated heterocycles. The van der Waals surface area contributed by atoms with Gasteiger partial charge in [0, 0.05) is 12.7 Å². The van der Waals surface area contributed by atoms with Crippen molar-refractivity contribution in [3.63, 3.8) is 0 Å². The maximum Gasteiger partial charge on any atom is 0.339 e. The van der Waals surface area contributed by atoms with Crippen molar-refractivity contribution in [1.82, 2.24) is 4.98 Å². The molecule has 1 rings (SSSR count). The van der Waals surface area contributed by atoms with Gasteiger partial charge in [-0.2, -0.15) is 11.8 Å². The number of esters is 1. The monoisotopic (exact) mass is 254 g/mol. The summed E-state index contributed by atoms with van der Waals surface area (Å²) in [7, 11) is 0. The van der Waals surface area contributed by atoms with Gasteiger partial charge >= 0.3 is 5.97 Å². The van der Waals surface area contributed by atoms with Crippen LogP contribution in [0, 0.1) is 0 Å². The molecule has 0 spiro atoms. The average Bonchev–Trinajstić information content (AvgIpc) is 2.36. The van der Waals surface area contributed by atoms with Crippen LogP contribution in [0.3, 0.4) is 0 Å². The van der Waals surface area contributed by atoms with E-state index in [0.29, 0.717) is 12.2 Å². The van der Waals surface area contributed by atoms with Crippen molar-refractivity contribution in [3.8, 4) is 0 Å². The van der Waals surface area contributed by atoms with Crippen molar-refractivity contribution in [1.29, 1.82) is 0 Å². The Morgan fingerprint density at radius 3 is 2.94 bits per heavy atom. The Hall–Kier alpha value is -1.23. The van der Waals surface area contributed by atoms with Crippen LogP contribution < -0.4 is 5.32 Å². The second-order valence-electron chi connectivity index (χ2n) is 3.43. The predicted molar refractivity (Wildman–Crippen MR) is 71.7 cm³/mol. The quantitative estimate of drug-likeness (QED) is 0.598. The van der Waals surface area contributed by atoms with E-state index < -0.39 is 0 Å². The van der Waals surface area contributed by atoms with Crippen molar-refractivity contribution in [3.05, 3.63) is 23.9 Å². The molecule has 5 heteroatoms. The Morgan fingerprint density at radius 1 is 1.53 bits per heavy atom. The lowest BCUT2D eigenvalue weighted by atomic mass is 10.3. The van der Waals surface area contributed by atoms with Crippen LogP contribution in [0.4, 0.5) is 5.82 Å². The lowest BCUT2D eigenvalue weighted by Gasteiger charge is -2.05. The maximum atomic E-state index is 11.4. The fraction of sp³-hybridized carbons (Fsp3) is 0.500. The highest BCUT2D eigenvalue weighted by atomic mass is 32.2. The minimum atomic E-state index is -0.325. The lowest BCUT2D eigenvalue weighted by Crippen LogP contribution is -2.07. The summed E-state index contributed by atoms with van der Waals surface area (Å²) >= 11 is 1.83. The van der Waals surface area contributed by atoms with Gasteiger partial charge in [0.2, 0.25) is 0 Å². The van der Waals surface area contributed by atoms with Crippen LogP contribution in [0.25, 0.3) is 0 Å². The molecule has 1 aromatic heterocycles. The number of pyridine rings is 1. The van der Waals surface area contributed by atoms with E-state index in [-0.39, 0.29) is 5.97 Å². The summed E-state index contributed by atoms with van der Waals surface area (Å²) in [6.45, 7) is 3.06. The summed E-state index contributed by atoms with van der Waals surface area (Å²) < 4.78 is 4.88. The summed E-state index contributed by atoms with van der Waals surface area (Å²) in [5.41, 5.74) is 0.488. The molecule has 0 fully saturated rings. The van der Waals surface area contributed by atoms with Crippen LogP contribution in [0.2, 0.25) is 0 Å². The zero-order chi connectivity index (χ0) is 12.5. The fourth-order valence-electron chi connectivity index (χ4n) is 1.27. The molecule has 1 heterocycles. The molecule has 0 amide bonds. The molecule has 0 radical (unpaired) electrons. The molecule has 1 N–H and O–H groups in total. The number of nitrogens with one attached hydrogen (secondary N) is 1. The smallest absolute Gasteiger partial charge is 0.339 e. The van der Waals surface area contributed by atoms with E-state index in [1.54, 1.807) is 19.1 Å². The Balaban J connectivity index is 2.42. The third-order valence-electron chi connectivity index (χ3n) is 2.11. The first-order chi connectivity index (χ1) is 8.27. The molecule has 0 aromatic carbocycles. The van der Waals surface area contributed by atoms with Gasteiger partial charge in [-0.1, -0.05) is 0 Å². The van der Waals surface area contributed by atoms with Crippen LogP contribution in [0.5, 0.6) is 0 Å². The molecule has 94 valence electrons. The third-order valence-corrected chi connectivity index (χ3v) is 2.80. The number of aromatic nitrogens is 1. The number of thioether (sulfide) groups is 1. The van der Waals surface area contributed by atoms with Gasteiger partial charge in [0.15, 0.2) is 0 Å². The van der Waals surface area contributed by atoms with E-state index in [1.165, 1.54) is 6.20 Å².